The van der Waals surface area contributed by atoms with E-state index in [2.05, 4.69) is 24.5 Å². The Labute approximate surface area is 215 Å². The first-order valence-corrected chi connectivity index (χ1v) is 12.7. The number of thiocarbonyl (C=S) groups is 1. The van der Waals surface area contributed by atoms with Crippen molar-refractivity contribution in [1.82, 2.24) is 5.32 Å². The average molecular weight is 511 g/mol. The molecule has 3 aromatic rings. The molecule has 1 heterocycles. The molecule has 0 atom stereocenters. The molecule has 0 radical (unpaired) electrons. The van der Waals surface area contributed by atoms with E-state index < -0.39 is 11.9 Å². The Balaban J connectivity index is 1.67. The first-order chi connectivity index (χ1) is 16.7. The molecule has 3 rings (SSSR count). The highest BCUT2D eigenvalue weighted by Crippen LogP contribution is 2.36. The van der Waals surface area contributed by atoms with Crippen molar-refractivity contribution in [3.8, 4) is 16.9 Å². The number of ether oxygens (including phenoxy) is 2. The molecule has 8 heteroatoms. The van der Waals surface area contributed by atoms with Crippen LogP contribution in [0.1, 0.15) is 53.7 Å². The van der Waals surface area contributed by atoms with Crippen molar-refractivity contribution in [3.05, 3.63) is 70.1 Å². The molecule has 6 nitrogen and oxygen atoms in total. The fourth-order valence-corrected chi connectivity index (χ4v) is 4.88. The highest BCUT2D eigenvalue weighted by molar-refractivity contribution is 7.80. The van der Waals surface area contributed by atoms with E-state index in [0.29, 0.717) is 22.2 Å². The Kier molecular flexibility index (Phi) is 9.01. The van der Waals surface area contributed by atoms with E-state index in [1.807, 2.05) is 61.7 Å². The molecule has 1 amide bonds. The van der Waals surface area contributed by atoms with E-state index in [1.165, 1.54) is 16.9 Å². The van der Waals surface area contributed by atoms with Crippen molar-refractivity contribution >= 4 is 45.5 Å². The minimum atomic E-state index is -0.454. The maximum atomic E-state index is 12.7. The van der Waals surface area contributed by atoms with Gasteiger partial charge in [-0.3, -0.25) is 10.1 Å². The summed E-state index contributed by atoms with van der Waals surface area (Å²) in [7, 11) is 0. The van der Waals surface area contributed by atoms with E-state index in [0.717, 1.165) is 22.3 Å². The van der Waals surface area contributed by atoms with Gasteiger partial charge in [0, 0.05) is 10.9 Å². The summed E-state index contributed by atoms with van der Waals surface area (Å²) in [5.74, 6) is 0.177. The number of hydrogen-bond acceptors (Lipinski definition) is 6. The third kappa shape index (κ3) is 6.90. The first-order valence-electron chi connectivity index (χ1n) is 11.4. The Hall–Kier alpha value is -3.23. The van der Waals surface area contributed by atoms with Gasteiger partial charge in [-0.25, -0.2) is 4.79 Å². The lowest BCUT2D eigenvalue weighted by Crippen LogP contribution is -2.37. The van der Waals surface area contributed by atoms with Gasteiger partial charge in [-0.05, 0) is 67.7 Å². The van der Waals surface area contributed by atoms with E-state index in [-0.39, 0.29) is 18.3 Å². The highest BCUT2D eigenvalue weighted by Gasteiger charge is 2.22. The SMILES string of the molecule is CCOC(=O)c1c(-c2ccc(C)cc2)csc1NC(=S)NC(=O)COc1ccc(C(C)C)c(C)c1. The van der Waals surface area contributed by atoms with E-state index in [9.17, 15) is 9.59 Å². The standard InChI is InChI=1S/C27H30N2O4S2/c1-6-32-26(31)24-22(19-9-7-17(4)8-10-19)15-35-25(24)29-27(34)28-23(30)14-33-20-11-12-21(16(2)3)18(5)13-20/h7-13,15-16H,6,14H2,1-5H3,(H2,28,29,30,34). The number of thiophene rings is 1. The predicted molar refractivity (Wildman–Crippen MR) is 146 cm³/mol. The monoisotopic (exact) mass is 510 g/mol. The van der Waals surface area contributed by atoms with Crippen LogP contribution in [0.2, 0.25) is 0 Å². The Morgan fingerprint density at radius 1 is 1.09 bits per heavy atom. The zero-order chi connectivity index (χ0) is 25.5. The predicted octanol–water partition coefficient (Wildman–Crippen LogP) is 6.22. The van der Waals surface area contributed by atoms with Crippen LogP contribution in [-0.4, -0.2) is 30.2 Å². The second kappa shape index (κ2) is 12.0. The van der Waals surface area contributed by atoms with Crippen LogP contribution in [0.4, 0.5) is 5.00 Å². The van der Waals surface area contributed by atoms with Crippen LogP contribution < -0.4 is 15.4 Å². The van der Waals surface area contributed by atoms with Gasteiger partial charge in [0.05, 0.1) is 6.61 Å². The molecular formula is C27H30N2O4S2. The van der Waals surface area contributed by atoms with Crippen LogP contribution in [0.15, 0.2) is 47.8 Å². The van der Waals surface area contributed by atoms with Crippen LogP contribution in [0.5, 0.6) is 5.75 Å². The first kappa shape index (κ1) is 26.4. The lowest BCUT2D eigenvalue weighted by atomic mass is 9.98. The molecular weight excluding hydrogens is 480 g/mol. The Morgan fingerprint density at radius 2 is 1.80 bits per heavy atom. The van der Waals surface area contributed by atoms with Crippen molar-refractivity contribution in [2.45, 2.75) is 40.5 Å². The fourth-order valence-electron chi connectivity index (χ4n) is 3.63. The summed E-state index contributed by atoms with van der Waals surface area (Å²) < 4.78 is 10.9. The maximum absolute atomic E-state index is 12.7. The van der Waals surface area contributed by atoms with Crippen LogP contribution >= 0.6 is 23.6 Å². The number of hydrogen-bond donors (Lipinski definition) is 2. The van der Waals surface area contributed by atoms with Crippen LogP contribution in [0.3, 0.4) is 0 Å². The number of esters is 1. The number of nitrogens with one attached hydrogen (secondary N) is 2. The Bertz CT molecular complexity index is 1220. The van der Waals surface area contributed by atoms with Gasteiger partial charge in [-0.15, -0.1) is 11.3 Å². The molecule has 2 aromatic carbocycles. The average Bonchev–Trinajstić information content (AvgIpc) is 3.21. The van der Waals surface area contributed by atoms with E-state index >= 15 is 0 Å². The lowest BCUT2D eigenvalue weighted by molar-refractivity contribution is -0.121. The second-order valence-corrected chi connectivity index (χ2v) is 9.69. The van der Waals surface area contributed by atoms with Gasteiger partial charge in [0.25, 0.3) is 5.91 Å². The van der Waals surface area contributed by atoms with E-state index in [1.54, 1.807) is 6.92 Å². The lowest BCUT2D eigenvalue weighted by Gasteiger charge is -2.13. The summed E-state index contributed by atoms with van der Waals surface area (Å²) in [6, 6.07) is 13.7. The molecule has 0 spiro atoms. The maximum Gasteiger partial charge on any atom is 0.341 e. The molecule has 0 unspecified atom stereocenters. The third-order valence-corrected chi connectivity index (χ3v) is 6.45. The Morgan fingerprint density at radius 3 is 2.43 bits per heavy atom. The molecule has 1 aromatic heterocycles. The molecule has 0 aliphatic rings. The second-order valence-electron chi connectivity index (χ2n) is 8.40. The number of aryl methyl sites for hydroxylation is 2. The van der Waals surface area contributed by atoms with Crippen LogP contribution in [-0.2, 0) is 9.53 Å². The summed E-state index contributed by atoms with van der Waals surface area (Å²) in [6.07, 6.45) is 0. The third-order valence-electron chi connectivity index (χ3n) is 5.35. The van der Waals surface area contributed by atoms with Gasteiger partial charge in [0.1, 0.15) is 16.3 Å². The molecule has 0 fully saturated rings. The summed E-state index contributed by atoms with van der Waals surface area (Å²) in [5, 5.41) is 8.03. The summed E-state index contributed by atoms with van der Waals surface area (Å²) in [5.41, 5.74) is 5.50. The molecule has 184 valence electrons. The number of carbonyl (C=O) groups is 2. The van der Waals surface area contributed by atoms with E-state index in [4.69, 9.17) is 21.7 Å². The van der Waals surface area contributed by atoms with Gasteiger partial charge in [-0.1, -0.05) is 49.7 Å². The summed E-state index contributed by atoms with van der Waals surface area (Å²) in [6.45, 7) is 10.1. The summed E-state index contributed by atoms with van der Waals surface area (Å²) >= 11 is 6.64. The van der Waals surface area contributed by atoms with Gasteiger partial charge >= 0.3 is 5.97 Å². The van der Waals surface area contributed by atoms with Gasteiger partial charge in [0.15, 0.2) is 11.7 Å². The largest absolute Gasteiger partial charge is 0.484 e. The molecule has 0 aliphatic carbocycles. The van der Waals surface area contributed by atoms with Gasteiger partial charge in [0.2, 0.25) is 0 Å². The number of benzene rings is 2. The van der Waals surface area contributed by atoms with Crippen molar-refractivity contribution in [2.24, 2.45) is 0 Å². The minimum Gasteiger partial charge on any atom is -0.484 e. The molecule has 2 N–H and O–H groups in total. The molecule has 0 aliphatic heterocycles. The number of amides is 1. The normalized spacial score (nSPS) is 10.7. The van der Waals surface area contributed by atoms with Gasteiger partial charge < -0.3 is 14.8 Å². The molecule has 35 heavy (non-hydrogen) atoms. The topological polar surface area (TPSA) is 76.7 Å². The van der Waals surface area contributed by atoms with Crippen LogP contribution in [0.25, 0.3) is 11.1 Å². The van der Waals surface area contributed by atoms with Crippen molar-refractivity contribution in [3.63, 3.8) is 0 Å². The highest BCUT2D eigenvalue weighted by atomic mass is 32.1. The van der Waals surface area contributed by atoms with Crippen molar-refractivity contribution in [1.29, 1.82) is 0 Å². The number of anilines is 1. The molecule has 0 saturated heterocycles. The zero-order valence-corrected chi connectivity index (χ0v) is 22.2. The van der Waals surface area contributed by atoms with Crippen LogP contribution in [0, 0.1) is 13.8 Å². The number of carbonyl (C=O) groups excluding carboxylic acids is 2. The summed E-state index contributed by atoms with van der Waals surface area (Å²) in [4.78, 5) is 25.1. The minimum absolute atomic E-state index is 0.0767. The smallest absolute Gasteiger partial charge is 0.341 e. The van der Waals surface area contributed by atoms with Crippen molar-refractivity contribution < 1.29 is 19.1 Å². The molecule has 0 saturated carbocycles. The molecule has 0 bridgehead atoms. The zero-order valence-electron chi connectivity index (χ0n) is 20.6. The number of rotatable bonds is 8. The quantitative estimate of drug-likeness (QED) is 0.277. The van der Waals surface area contributed by atoms with Crippen molar-refractivity contribution in [2.75, 3.05) is 18.5 Å². The fraction of sp³-hybridized carbons (Fsp3) is 0.296. The van der Waals surface area contributed by atoms with Gasteiger partial charge in [-0.2, -0.15) is 0 Å².